The van der Waals surface area contributed by atoms with Crippen LogP contribution in [-0.2, 0) is 17.9 Å². The van der Waals surface area contributed by atoms with Crippen molar-refractivity contribution < 1.29 is 4.74 Å². The Balaban J connectivity index is 0.00000272. The summed E-state index contributed by atoms with van der Waals surface area (Å²) in [6.45, 7) is 4.11. The molecular formula is C23H29IN6O. The van der Waals surface area contributed by atoms with Gasteiger partial charge in [-0.15, -0.1) is 24.0 Å². The van der Waals surface area contributed by atoms with Crippen molar-refractivity contribution in [3.8, 4) is 5.82 Å². The third-order valence-electron chi connectivity index (χ3n) is 5.29. The second-order valence-electron chi connectivity index (χ2n) is 7.49. The molecule has 31 heavy (non-hydrogen) atoms. The summed E-state index contributed by atoms with van der Waals surface area (Å²) in [4.78, 5) is 15.3. The van der Waals surface area contributed by atoms with Crippen LogP contribution in [0.2, 0.25) is 0 Å². The summed E-state index contributed by atoms with van der Waals surface area (Å²) >= 11 is 0. The molecule has 1 atom stereocenters. The van der Waals surface area contributed by atoms with Crippen molar-refractivity contribution in [1.29, 1.82) is 0 Å². The van der Waals surface area contributed by atoms with Crippen LogP contribution in [0.3, 0.4) is 0 Å². The van der Waals surface area contributed by atoms with Gasteiger partial charge in [-0.25, -0.2) is 9.97 Å². The molecule has 0 amide bonds. The van der Waals surface area contributed by atoms with E-state index in [4.69, 9.17) is 4.74 Å². The molecule has 3 aromatic rings. The van der Waals surface area contributed by atoms with Crippen molar-refractivity contribution in [1.82, 2.24) is 24.8 Å². The van der Waals surface area contributed by atoms with Crippen molar-refractivity contribution in [3.63, 3.8) is 0 Å². The standard InChI is InChI=1S/C23H28N6O.HI/c1-24-23(27-14-20-7-9-26-22(13-20)29-12-10-25-18-29)28-11-8-21(15-28)17-30-16-19-5-3-2-4-6-19;/h2-7,9-10,12-13,18,21H,8,11,14-17H2,1H3,(H,24,27);1H. The average Bonchev–Trinajstić information content (AvgIpc) is 3.48. The SMILES string of the molecule is CN=C(NCc1ccnc(-n2ccnc2)c1)N1CCC(COCc2ccccc2)C1.I. The van der Waals surface area contributed by atoms with Gasteiger partial charge in [-0.05, 0) is 29.7 Å². The summed E-state index contributed by atoms with van der Waals surface area (Å²) in [7, 11) is 1.84. The predicted molar refractivity (Wildman–Crippen MR) is 133 cm³/mol. The molecule has 7 nitrogen and oxygen atoms in total. The van der Waals surface area contributed by atoms with Gasteiger partial charge in [0.2, 0.25) is 0 Å². The Labute approximate surface area is 200 Å². The summed E-state index contributed by atoms with van der Waals surface area (Å²) in [5.74, 6) is 2.32. The van der Waals surface area contributed by atoms with Gasteiger partial charge in [-0.1, -0.05) is 30.3 Å². The molecule has 0 spiro atoms. The van der Waals surface area contributed by atoms with Crippen LogP contribution in [0.1, 0.15) is 17.5 Å². The summed E-state index contributed by atoms with van der Waals surface area (Å²) in [6.07, 6.45) is 8.34. The van der Waals surface area contributed by atoms with E-state index in [2.05, 4.69) is 43.4 Å². The maximum atomic E-state index is 5.94. The highest BCUT2D eigenvalue weighted by Crippen LogP contribution is 2.17. The van der Waals surface area contributed by atoms with E-state index in [0.29, 0.717) is 19.1 Å². The number of nitrogens with one attached hydrogen (secondary N) is 1. The molecule has 1 aromatic carbocycles. The molecule has 0 radical (unpaired) electrons. The molecule has 1 N–H and O–H groups in total. The van der Waals surface area contributed by atoms with Crippen molar-refractivity contribution in [2.75, 3.05) is 26.7 Å². The molecule has 0 aliphatic carbocycles. The summed E-state index contributed by atoms with van der Waals surface area (Å²) in [5.41, 5.74) is 2.37. The molecule has 1 unspecified atom stereocenters. The lowest BCUT2D eigenvalue weighted by molar-refractivity contribution is 0.0906. The van der Waals surface area contributed by atoms with Gasteiger partial charge in [0.25, 0.3) is 0 Å². The first kappa shape index (κ1) is 23.2. The number of benzene rings is 1. The first-order valence-corrected chi connectivity index (χ1v) is 10.3. The Morgan fingerprint density at radius 1 is 1.19 bits per heavy atom. The first-order valence-electron chi connectivity index (χ1n) is 10.3. The van der Waals surface area contributed by atoms with Crippen molar-refractivity contribution >= 4 is 29.9 Å². The molecule has 1 aliphatic rings. The fraction of sp³-hybridized carbons (Fsp3) is 0.348. The molecule has 1 fully saturated rings. The number of guanidine groups is 1. The number of ether oxygens (including phenoxy) is 1. The molecule has 2 aromatic heterocycles. The monoisotopic (exact) mass is 532 g/mol. The molecule has 8 heteroatoms. The number of hydrogen-bond acceptors (Lipinski definition) is 4. The smallest absolute Gasteiger partial charge is 0.193 e. The maximum absolute atomic E-state index is 5.94. The van der Waals surface area contributed by atoms with Crippen molar-refractivity contribution in [2.45, 2.75) is 19.6 Å². The minimum absolute atomic E-state index is 0. The molecular weight excluding hydrogens is 503 g/mol. The zero-order valence-electron chi connectivity index (χ0n) is 17.7. The second-order valence-corrected chi connectivity index (χ2v) is 7.49. The summed E-state index contributed by atoms with van der Waals surface area (Å²) < 4.78 is 7.84. The second kappa shape index (κ2) is 11.8. The number of rotatable bonds is 7. The highest BCUT2D eigenvalue weighted by Gasteiger charge is 2.25. The van der Waals surface area contributed by atoms with E-state index < -0.39 is 0 Å². The molecule has 0 bridgehead atoms. The lowest BCUT2D eigenvalue weighted by atomic mass is 10.1. The number of likely N-dealkylation sites (tertiary alicyclic amines) is 1. The van der Waals surface area contributed by atoms with Gasteiger partial charge in [0, 0.05) is 51.2 Å². The molecule has 1 aliphatic heterocycles. The van der Waals surface area contributed by atoms with Crippen LogP contribution in [-0.4, -0.2) is 52.1 Å². The molecule has 0 saturated carbocycles. The van der Waals surface area contributed by atoms with Crippen LogP contribution >= 0.6 is 24.0 Å². The Kier molecular flexibility index (Phi) is 8.84. The summed E-state index contributed by atoms with van der Waals surface area (Å²) in [6, 6.07) is 14.4. The van der Waals surface area contributed by atoms with Gasteiger partial charge in [0.1, 0.15) is 12.1 Å². The normalized spacial score (nSPS) is 16.2. The van der Waals surface area contributed by atoms with Crippen LogP contribution in [0.4, 0.5) is 0 Å². The topological polar surface area (TPSA) is 67.6 Å². The Bertz CT molecular complexity index is 948. The highest BCUT2D eigenvalue weighted by molar-refractivity contribution is 14.0. The average molecular weight is 532 g/mol. The van der Waals surface area contributed by atoms with E-state index in [0.717, 1.165) is 43.5 Å². The number of aromatic nitrogens is 3. The van der Waals surface area contributed by atoms with E-state index in [1.165, 1.54) is 5.56 Å². The van der Waals surface area contributed by atoms with Gasteiger partial charge in [0.05, 0.1) is 13.2 Å². The number of aliphatic imine (C=N–C) groups is 1. The third kappa shape index (κ3) is 6.51. The molecule has 4 rings (SSSR count). The zero-order valence-corrected chi connectivity index (χ0v) is 20.1. The Morgan fingerprint density at radius 3 is 2.84 bits per heavy atom. The fourth-order valence-electron chi connectivity index (χ4n) is 3.70. The van der Waals surface area contributed by atoms with Crippen LogP contribution in [0.25, 0.3) is 5.82 Å². The maximum Gasteiger partial charge on any atom is 0.193 e. The molecule has 164 valence electrons. The zero-order chi connectivity index (χ0) is 20.6. The van der Waals surface area contributed by atoms with E-state index in [-0.39, 0.29) is 24.0 Å². The largest absolute Gasteiger partial charge is 0.376 e. The minimum Gasteiger partial charge on any atom is -0.376 e. The van der Waals surface area contributed by atoms with Gasteiger partial charge in [-0.2, -0.15) is 0 Å². The van der Waals surface area contributed by atoms with Gasteiger partial charge in [-0.3, -0.25) is 9.56 Å². The number of imidazole rings is 1. The molecule has 1 saturated heterocycles. The lowest BCUT2D eigenvalue weighted by Gasteiger charge is -2.22. The minimum atomic E-state index is 0. The van der Waals surface area contributed by atoms with Crippen molar-refractivity contribution in [2.24, 2.45) is 10.9 Å². The van der Waals surface area contributed by atoms with Crippen LogP contribution < -0.4 is 5.32 Å². The molecule has 3 heterocycles. The third-order valence-corrected chi connectivity index (χ3v) is 5.29. The first-order chi connectivity index (χ1) is 14.8. The quantitative estimate of drug-likeness (QED) is 0.287. The number of hydrogen-bond donors (Lipinski definition) is 1. The number of halogens is 1. The van der Waals surface area contributed by atoms with E-state index in [1.807, 2.05) is 48.3 Å². The summed E-state index contributed by atoms with van der Waals surface area (Å²) in [5, 5.41) is 3.49. The van der Waals surface area contributed by atoms with Gasteiger partial charge < -0.3 is 15.0 Å². The predicted octanol–water partition coefficient (Wildman–Crippen LogP) is 3.50. The fourth-order valence-corrected chi connectivity index (χ4v) is 3.70. The Hall–Kier alpha value is -2.46. The lowest BCUT2D eigenvalue weighted by Crippen LogP contribution is -2.39. The van der Waals surface area contributed by atoms with E-state index >= 15 is 0 Å². The van der Waals surface area contributed by atoms with Crippen LogP contribution in [0.5, 0.6) is 0 Å². The van der Waals surface area contributed by atoms with E-state index in [9.17, 15) is 0 Å². The number of nitrogens with zero attached hydrogens (tertiary/aromatic N) is 5. The van der Waals surface area contributed by atoms with Crippen molar-refractivity contribution in [3.05, 3.63) is 78.5 Å². The van der Waals surface area contributed by atoms with Gasteiger partial charge in [0.15, 0.2) is 5.96 Å². The number of pyridine rings is 1. The van der Waals surface area contributed by atoms with Crippen LogP contribution in [0, 0.1) is 5.92 Å². The van der Waals surface area contributed by atoms with Gasteiger partial charge >= 0.3 is 0 Å². The van der Waals surface area contributed by atoms with E-state index in [1.54, 1.807) is 12.5 Å². The van der Waals surface area contributed by atoms with Crippen LogP contribution in [0.15, 0.2) is 72.4 Å². The highest BCUT2D eigenvalue weighted by atomic mass is 127. The Morgan fingerprint density at radius 2 is 2.06 bits per heavy atom.